The number of aliphatic hydroxyl groups excluding tert-OH is 1. The molecule has 0 saturated heterocycles. The standard InChI is InChI=1S/C10H9ClN2OS2/c11-8-3-1-2-7(4-8)9(14)5-15-10-13-12-6-16-10/h1-4,6,9,14H,5H2. The average molecular weight is 273 g/mol. The number of aliphatic hydroxyl groups is 1. The third kappa shape index (κ3) is 3.18. The number of halogens is 1. The fourth-order valence-electron chi connectivity index (χ4n) is 1.19. The highest BCUT2D eigenvalue weighted by Gasteiger charge is 2.09. The van der Waals surface area contributed by atoms with Crippen molar-refractivity contribution in [1.29, 1.82) is 0 Å². The minimum Gasteiger partial charge on any atom is -0.388 e. The number of hydrogen-bond acceptors (Lipinski definition) is 5. The molecule has 0 bridgehead atoms. The van der Waals surface area contributed by atoms with Gasteiger partial charge in [-0.25, -0.2) is 0 Å². The first kappa shape index (κ1) is 11.9. The van der Waals surface area contributed by atoms with E-state index in [0.29, 0.717) is 10.8 Å². The Kier molecular flexibility index (Phi) is 4.17. The first-order valence-electron chi connectivity index (χ1n) is 4.58. The van der Waals surface area contributed by atoms with Crippen LogP contribution >= 0.6 is 34.7 Å². The maximum Gasteiger partial charge on any atom is 0.174 e. The lowest BCUT2D eigenvalue weighted by Crippen LogP contribution is -2.00. The van der Waals surface area contributed by atoms with Crippen LogP contribution in [0, 0.1) is 0 Å². The topological polar surface area (TPSA) is 46.0 Å². The molecule has 0 aliphatic heterocycles. The molecule has 1 N–H and O–H groups in total. The largest absolute Gasteiger partial charge is 0.388 e. The maximum atomic E-state index is 9.92. The van der Waals surface area contributed by atoms with E-state index in [9.17, 15) is 5.11 Å². The highest BCUT2D eigenvalue weighted by molar-refractivity contribution is 8.01. The molecular formula is C10H9ClN2OS2. The van der Waals surface area contributed by atoms with Gasteiger partial charge in [0.05, 0.1) is 6.10 Å². The summed E-state index contributed by atoms with van der Waals surface area (Å²) >= 11 is 8.80. The zero-order chi connectivity index (χ0) is 11.4. The molecule has 0 radical (unpaired) electrons. The van der Waals surface area contributed by atoms with Gasteiger partial charge in [0.2, 0.25) is 0 Å². The molecule has 0 aliphatic carbocycles. The fourth-order valence-corrected chi connectivity index (χ4v) is 2.87. The number of benzene rings is 1. The Labute approximate surface area is 106 Å². The van der Waals surface area contributed by atoms with E-state index in [-0.39, 0.29) is 0 Å². The van der Waals surface area contributed by atoms with Gasteiger partial charge in [-0.05, 0) is 17.7 Å². The predicted molar refractivity (Wildman–Crippen MR) is 67.0 cm³/mol. The minimum absolute atomic E-state index is 0.535. The number of thioether (sulfide) groups is 1. The quantitative estimate of drug-likeness (QED) is 0.869. The SMILES string of the molecule is OC(CSc1nncs1)c1cccc(Cl)c1. The van der Waals surface area contributed by atoms with Crippen molar-refractivity contribution in [2.24, 2.45) is 0 Å². The van der Waals surface area contributed by atoms with E-state index in [4.69, 9.17) is 11.6 Å². The van der Waals surface area contributed by atoms with Crippen molar-refractivity contribution >= 4 is 34.7 Å². The Balaban J connectivity index is 1.95. The lowest BCUT2D eigenvalue weighted by molar-refractivity contribution is 0.204. The lowest BCUT2D eigenvalue weighted by Gasteiger charge is -2.09. The molecule has 1 heterocycles. The highest BCUT2D eigenvalue weighted by Crippen LogP contribution is 2.26. The smallest absolute Gasteiger partial charge is 0.174 e. The Morgan fingerprint density at radius 3 is 3.06 bits per heavy atom. The van der Waals surface area contributed by atoms with Gasteiger partial charge in [-0.15, -0.1) is 10.2 Å². The van der Waals surface area contributed by atoms with Crippen LogP contribution in [0.5, 0.6) is 0 Å². The third-order valence-corrected chi connectivity index (χ3v) is 4.11. The van der Waals surface area contributed by atoms with E-state index >= 15 is 0 Å². The predicted octanol–water partition coefficient (Wildman–Crippen LogP) is 3.02. The molecule has 2 aromatic rings. The number of hydrogen-bond donors (Lipinski definition) is 1. The minimum atomic E-state index is -0.535. The second kappa shape index (κ2) is 5.63. The van der Waals surface area contributed by atoms with Crippen LogP contribution in [0.25, 0.3) is 0 Å². The van der Waals surface area contributed by atoms with Crippen LogP contribution in [0.1, 0.15) is 11.7 Å². The van der Waals surface area contributed by atoms with Crippen LogP contribution in [0.4, 0.5) is 0 Å². The Bertz CT molecular complexity index is 450. The maximum absolute atomic E-state index is 9.92. The summed E-state index contributed by atoms with van der Waals surface area (Å²) in [6.45, 7) is 0. The fraction of sp³-hybridized carbons (Fsp3) is 0.200. The molecule has 0 spiro atoms. The summed E-state index contributed by atoms with van der Waals surface area (Å²) < 4.78 is 0.862. The van der Waals surface area contributed by atoms with E-state index in [1.54, 1.807) is 17.6 Å². The van der Waals surface area contributed by atoms with Crippen LogP contribution in [0.2, 0.25) is 5.02 Å². The summed E-state index contributed by atoms with van der Waals surface area (Å²) in [5.41, 5.74) is 2.50. The molecule has 3 nitrogen and oxygen atoms in total. The normalized spacial score (nSPS) is 12.6. The third-order valence-electron chi connectivity index (χ3n) is 1.94. The van der Waals surface area contributed by atoms with Crippen LogP contribution in [-0.4, -0.2) is 21.1 Å². The number of nitrogens with zero attached hydrogens (tertiary/aromatic N) is 2. The molecule has 1 atom stereocenters. The van der Waals surface area contributed by atoms with Crippen molar-refractivity contribution in [2.45, 2.75) is 10.4 Å². The molecular weight excluding hydrogens is 264 g/mol. The van der Waals surface area contributed by atoms with Crippen LogP contribution in [0.15, 0.2) is 34.1 Å². The summed E-state index contributed by atoms with van der Waals surface area (Å²) in [5, 5.41) is 18.2. The van der Waals surface area contributed by atoms with Crippen molar-refractivity contribution < 1.29 is 5.11 Å². The van der Waals surface area contributed by atoms with Crippen molar-refractivity contribution in [1.82, 2.24) is 10.2 Å². The van der Waals surface area contributed by atoms with E-state index in [0.717, 1.165) is 9.90 Å². The zero-order valence-electron chi connectivity index (χ0n) is 8.21. The first-order chi connectivity index (χ1) is 7.75. The van der Waals surface area contributed by atoms with Crippen LogP contribution in [-0.2, 0) is 0 Å². The molecule has 0 amide bonds. The molecule has 0 saturated carbocycles. The molecule has 1 unspecified atom stereocenters. The van der Waals surface area contributed by atoms with Gasteiger partial charge in [-0.1, -0.05) is 46.8 Å². The van der Waals surface area contributed by atoms with Gasteiger partial charge < -0.3 is 5.11 Å². The summed E-state index contributed by atoms with van der Waals surface area (Å²) in [5.74, 6) is 0.551. The first-order valence-corrected chi connectivity index (χ1v) is 6.82. The molecule has 1 aromatic heterocycles. The van der Waals surface area contributed by atoms with Crippen molar-refractivity contribution in [3.8, 4) is 0 Å². The van der Waals surface area contributed by atoms with Gasteiger partial charge in [0.25, 0.3) is 0 Å². The van der Waals surface area contributed by atoms with Gasteiger partial charge in [0.1, 0.15) is 5.51 Å². The van der Waals surface area contributed by atoms with Gasteiger partial charge in [0, 0.05) is 10.8 Å². The van der Waals surface area contributed by atoms with E-state index in [2.05, 4.69) is 10.2 Å². The van der Waals surface area contributed by atoms with E-state index < -0.39 is 6.10 Å². The summed E-state index contributed by atoms with van der Waals surface area (Å²) in [6, 6.07) is 7.25. The van der Waals surface area contributed by atoms with Crippen molar-refractivity contribution in [2.75, 3.05) is 5.75 Å². The van der Waals surface area contributed by atoms with Crippen LogP contribution < -0.4 is 0 Å². The van der Waals surface area contributed by atoms with E-state index in [1.807, 2.05) is 12.1 Å². The Morgan fingerprint density at radius 2 is 2.38 bits per heavy atom. The van der Waals surface area contributed by atoms with Gasteiger partial charge in [-0.2, -0.15) is 0 Å². The second-order valence-corrected chi connectivity index (χ2v) is 5.62. The Hall–Kier alpha value is -0.620. The summed E-state index contributed by atoms with van der Waals surface area (Å²) in [6.07, 6.45) is -0.535. The summed E-state index contributed by atoms with van der Waals surface area (Å²) in [7, 11) is 0. The summed E-state index contributed by atoms with van der Waals surface area (Å²) in [4.78, 5) is 0. The van der Waals surface area contributed by atoms with Crippen LogP contribution in [0.3, 0.4) is 0 Å². The highest BCUT2D eigenvalue weighted by atomic mass is 35.5. The molecule has 0 aliphatic rings. The molecule has 84 valence electrons. The number of aromatic nitrogens is 2. The van der Waals surface area contributed by atoms with Gasteiger partial charge in [0.15, 0.2) is 4.34 Å². The molecule has 1 aromatic carbocycles. The zero-order valence-corrected chi connectivity index (χ0v) is 10.6. The van der Waals surface area contributed by atoms with Crippen molar-refractivity contribution in [3.63, 3.8) is 0 Å². The second-order valence-electron chi connectivity index (χ2n) is 3.09. The van der Waals surface area contributed by atoms with E-state index in [1.165, 1.54) is 23.1 Å². The molecule has 6 heteroatoms. The molecule has 16 heavy (non-hydrogen) atoms. The average Bonchev–Trinajstić information content (AvgIpc) is 2.78. The lowest BCUT2D eigenvalue weighted by atomic mass is 10.1. The van der Waals surface area contributed by atoms with Gasteiger partial charge in [-0.3, -0.25) is 0 Å². The number of rotatable bonds is 4. The van der Waals surface area contributed by atoms with Crippen molar-refractivity contribution in [3.05, 3.63) is 40.4 Å². The Morgan fingerprint density at radius 1 is 1.50 bits per heavy atom. The monoisotopic (exact) mass is 272 g/mol. The molecule has 0 fully saturated rings. The van der Waals surface area contributed by atoms with Gasteiger partial charge >= 0.3 is 0 Å². The molecule has 2 rings (SSSR count).